The number of nitrogens with zero attached hydrogens (tertiary/aromatic N) is 2. The van der Waals surface area contributed by atoms with E-state index in [0.717, 1.165) is 17.6 Å². The minimum atomic E-state index is 1.05. The fourth-order valence-electron chi connectivity index (χ4n) is 2.77. The zero-order valence-electron chi connectivity index (χ0n) is 10.4. The van der Waals surface area contributed by atoms with Crippen LogP contribution in [0.1, 0.15) is 0 Å². The minimum Gasteiger partial charge on any atom is -0.345 e. The lowest BCUT2D eigenvalue weighted by molar-refractivity contribution is 0.561. The Balaban J connectivity index is 1.84. The molecule has 0 aliphatic carbocycles. The molecular formula is C16H13BrN2. The Bertz CT molecular complexity index is 734. The molecule has 3 heterocycles. The molecule has 1 aromatic carbocycles. The van der Waals surface area contributed by atoms with Gasteiger partial charge in [-0.15, -0.1) is 0 Å². The topological polar surface area (TPSA) is 9.86 Å². The van der Waals surface area contributed by atoms with Gasteiger partial charge in [-0.05, 0) is 35.9 Å². The van der Waals surface area contributed by atoms with Crippen molar-refractivity contribution in [1.82, 2.24) is 9.13 Å². The van der Waals surface area contributed by atoms with Crippen molar-refractivity contribution in [1.29, 1.82) is 0 Å². The van der Waals surface area contributed by atoms with Gasteiger partial charge in [-0.1, -0.05) is 28.1 Å². The molecule has 0 bridgehead atoms. The standard InChI is InChI=1S/C16H13BrN2/c17-14-5-3-12(4-6-14)13-10-16-15-2-1-7-18(15)8-9-19(16)11-13/h1-7,10-11H,8-9H2. The summed E-state index contributed by atoms with van der Waals surface area (Å²) >= 11 is 3.48. The number of fused-ring (bicyclic) bond motifs is 3. The van der Waals surface area contributed by atoms with Crippen LogP contribution in [0, 0.1) is 0 Å². The van der Waals surface area contributed by atoms with E-state index in [0.29, 0.717) is 0 Å². The quantitative estimate of drug-likeness (QED) is 0.630. The van der Waals surface area contributed by atoms with Gasteiger partial charge >= 0.3 is 0 Å². The maximum Gasteiger partial charge on any atom is 0.0654 e. The average molecular weight is 313 g/mol. The number of halogens is 1. The second-order valence-corrected chi connectivity index (χ2v) is 5.82. The Hall–Kier alpha value is -1.74. The van der Waals surface area contributed by atoms with Crippen LogP contribution in [-0.4, -0.2) is 9.13 Å². The van der Waals surface area contributed by atoms with E-state index >= 15 is 0 Å². The minimum absolute atomic E-state index is 1.05. The second kappa shape index (κ2) is 4.14. The van der Waals surface area contributed by atoms with Crippen LogP contribution in [0.4, 0.5) is 0 Å². The molecule has 4 rings (SSSR count). The van der Waals surface area contributed by atoms with Crippen molar-refractivity contribution in [2.45, 2.75) is 13.1 Å². The smallest absolute Gasteiger partial charge is 0.0654 e. The van der Waals surface area contributed by atoms with Crippen molar-refractivity contribution in [3.05, 3.63) is 59.3 Å². The molecule has 0 unspecified atom stereocenters. The van der Waals surface area contributed by atoms with Crippen molar-refractivity contribution < 1.29 is 0 Å². The molecule has 0 spiro atoms. The monoisotopic (exact) mass is 312 g/mol. The molecule has 1 aliphatic heterocycles. The Morgan fingerprint density at radius 3 is 2.47 bits per heavy atom. The van der Waals surface area contributed by atoms with Gasteiger partial charge in [-0.3, -0.25) is 0 Å². The summed E-state index contributed by atoms with van der Waals surface area (Å²) in [6, 6.07) is 15.1. The van der Waals surface area contributed by atoms with E-state index < -0.39 is 0 Å². The van der Waals surface area contributed by atoms with Gasteiger partial charge in [0.25, 0.3) is 0 Å². The normalized spacial score (nSPS) is 13.1. The molecule has 19 heavy (non-hydrogen) atoms. The lowest BCUT2D eigenvalue weighted by atomic mass is 10.1. The first-order chi connectivity index (χ1) is 9.31. The van der Waals surface area contributed by atoms with E-state index in [2.05, 4.69) is 79.9 Å². The summed E-state index contributed by atoms with van der Waals surface area (Å²) in [7, 11) is 0. The highest BCUT2D eigenvalue weighted by Gasteiger charge is 2.16. The Kier molecular flexibility index (Phi) is 2.42. The zero-order valence-corrected chi connectivity index (χ0v) is 12.0. The predicted octanol–water partition coefficient (Wildman–Crippen LogP) is 4.40. The van der Waals surface area contributed by atoms with Crippen LogP contribution in [0.2, 0.25) is 0 Å². The highest BCUT2D eigenvalue weighted by Crippen LogP contribution is 2.32. The summed E-state index contributed by atoms with van der Waals surface area (Å²) in [6.45, 7) is 2.11. The van der Waals surface area contributed by atoms with E-state index in [9.17, 15) is 0 Å². The third-order valence-electron chi connectivity index (χ3n) is 3.75. The molecule has 94 valence electrons. The number of aryl methyl sites for hydroxylation is 2. The molecule has 3 heteroatoms. The van der Waals surface area contributed by atoms with Crippen molar-refractivity contribution in [3.8, 4) is 22.5 Å². The first-order valence-corrected chi connectivity index (χ1v) is 7.22. The maximum absolute atomic E-state index is 3.48. The van der Waals surface area contributed by atoms with Crippen LogP contribution in [0.3, 0.4) is 0 Å². The van der Waals surface area contributed by atoms with Crippen LogP contribution in [-0.2, 0) is 13.1 Å². The fraction of sp³-hybridized carbons (Fsp3) is 0.125. The molecule has 0 saturated heterocycles. The summed E-state index contributed by atoms with van der Waals surface area (Å²) in [5.74, 6) is 0. The second-order valence-electron chi connectivity index (χ2n) is 4.90. The molecule has 2 aromatic heterocycles. The summed E-state index contributed by atoms with van der Waals surface area (Å²) in [5.41, 5.74) is 5.18. The van der Waals surface area contributed by atoms with Gasteiger partial charge in [-0.2, -0.15) is 0 Å². The third-order valence-corrected chi connectivity index (χ3v) is 4.28. The Morgan fingerprint density at radius 1 is 0.842 bits per heavy atom. The van der Waals surface area contributed by atoms with Crippen LogP contribution >= 0.6 is 15.9 Å². The third kappa shape index (κ3) is 1.77. The molecule has 1 aliphatic rings. The van der Waals surface area contributed by atoms with Crippen molar-refractivity contribution in [2.75, 3.05) is 0 Å². The number of hydrogen-bond donors (Lipinski definition) is 0. The maximum atomic E-state index is 3.48. The van der Waals surface area contributed by atoms with E-state index in [1.54, 1.807) is 0 Å². The Labute approximate surface area is 120 Å². The highest BCUT2D eigenvalue weighted by molar-refractivity contribution is 9.10. The fourth-order valence-corrected chi connectivity index (χ4v) is 3.03. The van der Waals surface area contributed by atoms with Gasteiger partial charge < -0.3 is 9.13 Å². The van der Waals surface area contributed by atoms with Crippen molar-refractivity contribution in [2.24, 2.45) is 0 Å². The molecule has 0 N–H and O–H groups in total. The van der Waals surface area contributed by atoms with E-state index in [4.69, 9.17) is 0 Å². The van der Waals surface area contributed by atoms with Crippen LogP contribution in [0.25, 0.3) is 22.5 Å². The van der Waals surface area contributed by atoms with Crippen LogP contribution in [0.5, 0.6) is 0 Å². The van der Waals surface area contributed by atoms with E-state index in [-0.39, 0.29) is 0 Å². The molecule has 0 radical (unpaired) electrons. The predicted molar refractivity (Wildman–Crippen MR) is 81.0 cm³/mol. The highest BCUT2D eigenvalue weighted by atomic mass is 79.9. The lowest BCUT2D eigenvalue weighted by Gasteiger charge is -2.18. The first-order valence-electron chi connectivity index (χ1n) is 6.43. The van der Waals surface area contributed by atoms with Gasteiger partial charge in [0, 0.05) is 35.5 Å². The van der Waals surface area contributed by atoms with E-state index in [1.807, 2.05) is 0 Å². The molecule has 2 nitrogen and oxygen atoms in total. The summed E-state index contributed by atoms with van der Waals surface area (Å²) in [6.07, 6.45) is 4.42. The molecule has 3 aromatic rings. The van der Waals surface area contributed by atoms with Gasteiger partial charge in [0.15, 0.2) is 0 Å². The van der Waals surface area contributed by atoms with Gasteiger partial charge in [0.1, 0.15) is 0 Å². The molecule has 0 saturated carbocycles. The molecule has 0 amide bonds. The summed E-state index contributed by atoms with van der Waals surface area (Å²) < 4.78 is 5.79. The van der Waals surface area contributed by atoms with E-state index in [1.165, 1.54) is 22.5 Å². The summed E-state index contributed by atoms with van der Waals surface area (Å²) in [5, 5.41) is 0. The lowest BCUT2D eigenvalue weighted by Crippen LogP contribution is -2.14. The van der Waals surface area contributed by atoms with Gasteiger partial charge in [0.2, 0.25) is 0 Å². The SMILES string of the molecule is Brc1ccc(-c2cc3n(c2)CCn2cccc2-3)cc1. The number of rotatable bonds is 1. The van der Waals surface area contributed by atoms with Crippen molar-refractivity contribution in [3.63, 3.8) is 0 Å². The van der Waals surface area contributed by atoms with Crippen LogP contribution < -0.4 is 0 Å². The van der Waals surface area contributed by atoms with Crippen molar-refractivity contribution >= 4 is 15.9 Å². The van der Waals surface area contributed by atoms with Gasteiger partial charge in [-0.25, -0.2) is 0 Å². The molecular weight excluding hydrogens is 300 g/mol. The van der Waals surface area contributed by atoms with Gasteiger partial charge in [0.05, 0.1) is 11.4 Å². The number of aromatic nitrogens is 2. The molecule has 0 atom stereocenters. The van der Waals surface area contributed by atoms with Crippen LogP contribution in [0.15, 0.2) is 59.3 Å². The number of benzene rings is 1. The Morgan fingerprint density at radius 2 is 1.63 bits per heavy atom. The summed E-state index contributed by atoms with van der Waals surface area (Å²) in [4.78, 5) is 0. The number of hydrogen-bond acceptors (Lipinski definition) is 0. The first kappa shape index (κ1) is 11.1. The average Bonchev–Trinajstić information content (AvgIpc) is 3.04. The molecule has 0 fully saturated rings. The zero-order chi connectivity index (χ0) is 12.8. The largest absolute Gasteiger partial charge is 0.345 e.